The first-order chi connectivity index (χ1) is 14.3. The number of hydrogen-bond acceptors (Lipinski definition) is 4. The Balaban J connectivity index is 1.50. The van der Waals surface area contributed by atoms with Crippen molar-refractivity contribution in [1.29, 1.82) is 0 Å². The summed E-state index contributed by atoms with van der Waals surface area (Å²) in [6.07, 6.45) is 0.355. The van der Waals surface area contributed by atoms with Gasteiger partial charge in [-0.2, -0.15) is 18.3 Å². The van der Waals surface area contributed by atoms with Crippen LogP contribution >= 0.6 is 0 Å². The molecule has 158 valence electrons. The fraction of sp³-hybridized carbons (Fsp3) is 0.250. The Morgan fingerprint density at radius 2 is 1.90 bits per heavy atom. The van der Waals surface area contributed by atoms with Crippen LogP contribution in [0.4, 0.5) is 23.7 Å². The van der Waals surface area contributed by atoms with Crippen LogP contribution in [0.2, 0.25) is 0 Å². The summed E-state index contributed by atoms with van der Waals surface area (Å²) in [5, 5.41) is 6.93. The van der Waals surface area contributed by atoms with Gasteiger partial charge in [0.15, 0.2) is 6.61 Å². The van der Waals surface area contributed by atoms with E-state index in [1.54, 1.807) is 17.9 Å². The third-order valence-electron chi connectivity index (χ3n) is 4.01. The third kappa shape index (κ3) is 6.50. The number of benzene rings is 1. The summed E-state index contributed by atoms with van der Waals surface area (Å²) >= 11 is 0. The largest absolute Gasteiger partial charge is 0.468 e. The molecule has 0 unspecified atom stereocenters. The van der Waals surface area contributed by atoms with E-state index in [1.807, 2.05) is 36.5 Å². The maximum Gasteiger partial charge on any atom is 0.422 e. The summed E-state index contributed by atoms with van der Waals surface area (Å²) in [6.45, 7) is -0.460. The molecule has 0 saturated carbocycles. The van der Waals surface area contributed by atoms with Crippen molar-refractivity contribution < 1.29 is 22.7 Å². The highest BCUT2D eigenvalue weighted by Gasteiger charge is 2.28. The number of anilines is 1. The zero-order valence-electron chi connectivity index (χ0n) is 16.1. The van der Waals surface area contributed by atoms with E-state index >= 15 is 0 Å². The molecule has 0 aliphatic heterocycles. The van der Waals surface area contributed by atoms with Crippen molar-refractivity contribution >= 4 is 11.7 Å². The molecule has 2 aromatic heterocycles. The van der Waals surface area contributed by atoms with Gasteiger partial charge in [-0.15, -0.1) is 0 Å². The highest BCUT2D eigenvalue weighted by atomic mass is 19.4. The normalized spacial score (nSPS) is 11.2. The Bertz CT molecular complexity index is 959. The van der Waals surface area contributed by atoms with Gasteiger partial charge in [-0.1, -0.05) is 30.3 Å². The molecule has 1 N–H and O–H groups in total. The standard InChI is InChI=1S/C20H20F3N5O2/c1-27(11-16-9-25-28(13-16)12-15-5-3-2-4-6-15)19(29)26-17-7-8-18(24-10-17)30-14-20(21,22)23/h2-10,13H,11-12,14H2,1H3,(H,26,29). The molecule has 0 fully saturated rings. The maximum absolute atomic E-state index is 12.3. The summed E-state index contributed by atoms with van der Waals surface area (Å²) in [7, 11) is 1.62. The summed E-state index contributed by atoms with van der Waals surface area (Å²) in [6, 6.07) is 12.2. The molecule has 3 aromatic rings. The van der Waals surface area contributed by atoms with Gasteiger partial charge in [0.25, 0.3) is 0 Å². The van der Waals surface area contributed by atoms with E-state index in [0.29, 0.717) is 18.8 Å². The van der Waals surface area contributed by atoms with Crippen molar-refractivity contribution in [3.05, 3.63) is 72.2 Å². The Labute approximate surface area is 171 Å². The highest BCUT2D eigenvalue weighted by Crippen LogP contribution is 2.18. The summed E-state index contributed by atoms with van der Waals surface area (Å²) in [5.41, 5.74) is 2.32. The smallest absolute Gasteiger partial charge is 0.422 e. The Kier molecular flexibility index (Phi) is 6.55. The second kappa shape index (κ2) is 9.29. The van der Waals surface area contributed by atoms with E-state index in [4.69, 9.17) is 0 Å². The molecule has 0 atom stereocenters. The lowest BCUT2D eigenvalue weighted by Gasteiger charge is -2.17. The lowest BCUT2D eigenvalue weighted by Crippen LogP contribution is -2.30. The van der Waals surface area contributed by atoms with Crippen molar-refractivity contribution in [3.63, 3.8) is 0 Å². The van der Waals surface area contributed by atoms with Crippen LogP contribution in [0.5, 0.6) is 5.88 Å². The van der Waals surface area contributed by atoms with Gasteiger partial charge in [0, 0.05) is 24.9 Å². The van der Waals surface area contributed by atoms with Crippen molar-refractivity contribution in [3.8, 4) is 5.88 Å². The van der Waals surface area contributed by atoms with Gasteiger partial charge >= 0.3 is 12.2 Å². The second-order valence-electron chi connectivity index (χ2n) is 6.61. The topological polar surface area (TPSA) is 72.3 Å². The summed E-state index contributed by atoms with van der Waals surface area (Å²) in [5.74, 6) is -0.176. The molecule has 2 amide bonds. The van der Waals surface area contributed by atoms with Gasteiger partial charge in [0.05, 0.1) is 31.2 Å². The number of alkyl halides is 3. The number of nitrogens with one attached hydrogen (secondary N) is 1. The lowest BCUT2D eigenvalue weighted by molar-refractivity contribution is -0.154. The minimum absolute atomic E-state index is 0.176. The fourth-order valence-electron chi connectivity index (χ4n) is 2.60. The quantitative estimate of drug-likeness (QED) is 0.630. The molecule has 0 radical (unpaired) electrons. The van der Waals surface area contributed by atoms with E-state index in [1.165, 1.54) is 23.2 Å². The summed E-state index contributed by atoms with van der Waals surface area (Å²) < 4.78 is 42.8. The predicted molar refractivity (Wildman–Crippen MR) is 104 cm³/mol. The Morgan fingerprint density at radius 1 is 1.13 bits per heavy atom. The average molecular weight is 419 g/mol. The minimum Gasteiger partial charge on any atom is -0.468 e. The van der Waals surface area contributed by atoms with Crippen LogP contribution in [-0.2, 0) is 13.1 Å². The molecule has 1 aromatic carbocycles. The third-order valence-corrected chi connectivity index (χ3v) is 4.01. The number of aromatic nitrogens is 3. The molecule has 0 aliphatic rings. The Hall–Kier alpha value is -3.56. The molecule has 3 rings (SSSR count). The zero-order chi connectivity index (χ0) is 21.6. The number of ether oxygens (including phenoxy) is 1. The van der Waals surface area contributed by atoms with Crippen LogP contribution < -0.4 is 10.1 Å². The van der Waals surface area contributed by atoms with Crippen LogP contribution in [0, 0.1) is 0 Å². The molecule has 0 spiro atoms. The molecule has 10 heteroatoms. The van der Waals surface area contributed by atoms with Crippen molar-refractivity contribution in [2.75, 3.05) is 19.0 Å². The van der Waals surface area contributed by atoms with Crippen LogP contribution in [0.1, 0.15) is 11.1 Å². The molecular formula is C20H20F3N5O2. The number of urea groups is 1. The molecule has 7 nitrogen and oxygen atoms in total. The number of pyridine rings is 1. The molecule has 0 bridgehead atoms. The van der Waals surface area contributed by atoms with Crippen molar-refractivity contribution in [2.45, 2.75) is 19.3 Å². The number of nitrogens with zero attached hydrogens (tertiary/aromatic N) is 4. The first kappa shape index (κ1) is 21.2. The molecule has 0 saturated heterocycles. The van der Waals surface area contributed by atoms with Crippen LogP contribution in [-0.4, -0.2) is 45.5 Å². The molecular weight excluding hydrogens is 399 g/mol. The Morgan fingerprint density at radius 3 is 2.57 bits per heavy atom. The van der Waals surface area contributed by atoms with Crippen LogP contribution in [0.3, 0.4) is 0 Å². The van der Waals surface area contributed by atoms with Gasteiger partial charge in [-0.25, -0.2) is 9.78 Å². The van der Waals surface area contributed by atoms with Crippen LogP contribution in [0.15, 0.2) is 61.1 Å². The predicted octanol–water partition coefficient (Wildman–Crippen LogP) is 3.93. The highest BCUT2D eigenvalue weighted by molar-refractivity contribution is 5.88. The zero-order valence-corrected chi connectivity index (χ0v) is 16.1. The van der Waals surface area contributed by atoms with Gasteiger partial charge in [-0.3, -0.25) is 4.68 Å². The van der Waals surface area contributed by atoms with Gasteiger partial charge < -0.3 is 15.0 Å². The molecule has 0 aliphatic carbocycles. The molecule has 2 heterocycles. The van der Waals surface area contributed by atoms with E-state index in [2.05, 4.69) is 20.1 Å². The SMILES string of the molecule is CN(Cc1cnn(Cc2ccccc2)c1)C(=O)Nc1ccc(OCC(F)(F)F)nc1. The first-order valence-electron chi connectivity index (χ1n) is 9.01. The monoisotopic (exact) mass is 419 g/mol. The van der Waals surface area contributed by atoms with Gasteiger partial charge in [-0.05, 0) is 11.6 Å². The minimum atomic E-state index is -4.44. The number of hydrogen-bond donors (Lipinski definition) is 1. The fourth-order valence-corrected chi connectivity index (χ4v) is 2.60. The van der Waals surface area contributed by atoms with Crippen molar-refractivity contribution in [1.82, 2.24) is 19.7 Å². The van der Waals surface area contributed by atoms with Gasteiger partial charge in [0.1, 0.15) is 0 Å². The number of amides is 2. The first-order valence-corrected chi connectivity index (χ1v) is 9.01. The van der Waals surface area contributed by atoms with Crippen LogP contribution in [0.25, 0.3) is 0 Å². The number of carbonyl (C=O) groups is 1. The van der Waals surface area contributed by atoms with E-state index in [0.717, 1.165) is 11.1 Å². The van der Waals surface area contributed by atoms with E-state index in [9.17, 15) is 18.0 Å². The average Bonchev–Trinajstić information content (AvgIpc) is 3.14. The number of carbonyl (C=O) groups excluding carboxylic acids is 1. The summed E-state index contributed by atoms with van der Waals surface area (Å²) in [4.78, 5) is 17.5. The maximum atomic E-state index is 12.3. The lowest BCUT2D eigenvalue weighted by atomic mass is 10.2. The number of rotatable bonds is 7. The van der Waals surface area contributed by atoms with E-state index in [-0.39, 0.29) is 5.88 Å². The van der Waals surface area contributed by atoms with Crippen molar-refractivity contribution in [2.24, 2.45) is 0 Å². The van der Waals surface area contributed by atoms with E-state index < -0.39 is 18.8 Å². The molecule has 30 heavy (non-hydrogen) atoms. The number of halogens is 3. The van der Waals surface area contributed by atoms with Gasteiger partial charge in [0.2, 0.25) is 5.88 Å². The second-order valence-corrected chi connectivity index (χ2v) is 6.61.